The monoisotopic (exact) mass is 199 g/mol. The van der Waals surface area contributed by atoms with Crippen LogP contribution in [0.5, 0.6) is 0 Å². The van der Waals surface area contributed by atoms with Gasteiger partial charge in [-0.05, 0) is 20.8 Å². The van der Waals surface area contributed by atoms with Crippen LogP contribution >= 0.6 is 0 Å². The van der Waals surface area contributed by atoms with Crippen LogP contribution in [0.15, 0.2) is 11.8 Å². The Labute approximate surface area is 84.5 Å². The predicted molar refractivity (Wildman–Crippen MR) is 53.7 cm³/mol. The van der Waals surface area contributed by atoms with Gasteiger partial charge in [0.15, 0.2) is 6.29 Å². The van der Waals surface area contributed by atoms with Crippen molar-refractivity contribution < 1.29 is 14.3 Å². The summed E-state index contributed by atoms with van der Waals surface area (Å²) < 4.78 is 5.03. The van der Waals surface area contributed by atoms with E-state index in [1.165, 1.54) is 6.20 Å². The molecule has 0 unspecified atom stereocenters. The number of carbonyl (C=O) groups excluding carboxylic acids is 2. The van der Waals surface area contributed by atoms with Crippen molar-refractivity contribution >= 4 is 12.3 Å². The summed E-state index contributed by atoms with van der Waals surface area (Å²) in [5.74, 6) is -0.596. The fraction of sp³-hybridized carbons (Fsp3) is 0.600. The normalized spacial score (nSPS) is 12.2. The molecule has 80 valence electrons. The lowest BCUT2D eigenvalue weighted by atomic mass is 10.2. The highest BCUT2D eigenvalue weighted by atomic mass is 16.6. The molecule has 0 aliphatic heterocycles. The van der Waals surface area contributed by atoms with Crippen LogP contribution in [0.25, 0.3) is 0 Å². The third kappa shape index (κ3) is 5.35. The molecule has 0 aromatic heterocycles. The average molecular weight is 199 g/mol. The molecule has 14 heavy (non-hydrogen) atoms. The number of rotatable bonds is 3. The summed E-state index contributed by atoms with van der Waals surface area (Å²) in [5, 5.41) is 0. The molecule has 0 spiro atoms. The maximum atomic E-state index is 11.4. The highest BCUT2D eigenvalue weighted by Gasteiger charge is 2.19. The zero-order valence-electron chi connectivity index (χ0n) is 9.33. The number of carbonyl (C=O) groups is 2. The van der Waals surface area contributed by atoms with Gasteiger partial charge in [-0.25, -0.2) is 4.79 Å². The Morgan fingerprint density at radius 1 is 1.29 bits per heavy atom. The topological polar surface area (TPSA) is 46.6 Å². The quantitative estimate of drug-likeness (QED) is 0.223. The van der Waals surface area contributed by atoms with Crippen LogP contribution in [-0.2, 0) is 14.3 Å². The first-order valence-corrected chi connectivity index (χ1v) is 4.33. The molecular formula is C10H17NO3. The molecule has 0 fully saturated rings. The Bertz CT molecular complexity index is 249. The number of ether oxygens (including phenoxy) is 1. The second-order valence-electron chi connectivity index (χ2n) is 4.17. The van der Waals surface area contributed by atoms with Crippen molar-refractivity contribution in [1.82, 2.24) is 4.90 Å². The SMILES string of the molecule is CN(C)/C=C(/C=O)C(=O)OC(C)(C)C. The number of esters is 1. The first-order chi connectivity index (χ1) is 6.26. The number of nitrogens with zero attached hydrogens (tertiary/aromatic N) is 1. The summed E-state index contributed by atoms with van der Waals surface area (Å²) in [6, 6.07) is 0. The van der Waals surface area contributed by atoms with Crippen molar-refractivity contribution in [2.75, 3.05) is 14.1 Å². The Balaban J connectivity index is 4.57. The molecule has 0 N–H and O–H groups in total. The molecule has 0 aliphatic rings. The second kappa shape index (κ2) is 4.79. The minimum Gasteiger partial charge on any atom is -0.456 e. The average Bonchev–Trinajstić information content (AvgIpc) is 1.96. The Hall–Kier alpha value is -1.32. The van der Waals surface area contributed by atoms with Gasteiger partial charge in [0, 0.05) is 20.3 Å². The van der Waals surface area contributed by atoms with Gasteiger partial charge in [-0.15, -0.1) is 0 Å². The molecule has 0 amide bonds. The molecule has 0 atom stereocenters. The first kappa shape index (κ1) is 12.7. The van der Waals surface area contributed by atoms with E-state index in [0.29, 0.717) is 6.29 Å². The summed E-state index contributed by atoms with van der Waals surface area (Å²) in [6.07, 6.45) is 1.93. The van der Waals surface area contributed by atoms with Crippen molar-refractivity contribution in [1.29, 1.82) is 0 Å². The minimum absolute atomic E-state index is 0.0184. The molecule has 4 nitrogen and oxygen atoms in total. The molecule has 0 bridgehead atoms. The molecule has 0 aliphatic carbocycles. The minimum atomic E-state index is -0.596. The lowest BCUT2D eigenvalue weighted by Gasteiger charge is -2.19. The zero-order chi connectivity index (χ0) is 11.4. The van der Waals surface area contributed by atoms with E-state index in [1.54, 1.807) is 39.8 Å². The summed E-state index contributed by atoms with van der Waals surface area (Å²) in [5.41, 5.74) is -0.559. The van der Waals surface area contributed by atoms with Crippen molar-refractivity contribution in [3.05, 3.63) is 11.8 Å². The summed E-state index contributed by atoms with van der Waals surface area (Å²) in [7, 11) is 3.46. The Kier molecular flexibility index (Phi) is 4.34. The maximum absolute atomic E-state index is 11.4. The highest BCUT2D eigenvalue weighted by molar-refractivity contribution is 6.07. The summed E-state index contributed by atoms with van der Waals surface area (Å²) >= 11 is 0. The number of aldehydes is 1. The van der Waals surface area contributed by atoms with Crippen LogP contribution in [0.4, 0.5) is 0 Å². The predicted octanol–water partition coefficient (Wildman–Crippen LogP) is 0.972. The maximum Gasteiger partial charge on any atom is 0.343 e. The van der Waals surface area contributed by atoms with Crippen molar-refractivity contribution in [2.24, 2.45) is 0 Å². The summed E-state index contributed by atoms with van der Waals surface area (Å²) in [6.45, 7) is 5.26. The van der Waals surface area contributed by atoms with E-state index in [2.05, 4.69) is 0 Å². The molecule has 0 heterocycles. The van der Waals surface area contributed by atoms with Crippen LogP contribution in [-0.4, -0.2) is 36.9 Å². The van der Waals surface area contributed by atoms with Gasteiger partial charge in [-0.2, -0.15) is 0 Å². The second-order valence-corrected chi connectivity index (χ2v) is 4.17. The zero-order valence-corrected chi connectivity index (χ0v) is 9.33. The highest BCUT2D eigenvalue weighted by Crippen LogP contribution is 2.09. The van der Waals surface area contributed by atoms with E-state index in [9.17, 15) is 9.59 Å². The molecule has 0 saturated heterocycles. The molecule has 4 heteroatoms. The number of hydrogen-bond donors (Lipinski definition) is 0. The van der Waals surface area contributed by atoms with Crippen LogP contribution in [0.3, 0.4) is 0 Å². The molecule has 0 radical (unpaired) electrons. The van der Waals surface area contributed by atoms with Gasteiger partial charge in [0.1, 0.15) is 11.2 Å². The van der Waals surface area contributed by atoms with Gasteiger partial charge in [-0.3, -0.25) is 4.79 Å². The number of hydrogen-bond acceptors (Lipinski definition) is 4. The van der Waals surface area contributed by atoms with Gasteiger partial charge in [0.2, 0.25) is 0 Å². The molecule has 0 rings (SSSR count). The fourth-order valence-corrected chi connectivity index (χ4v) is 0.746. The Morgan fingerprint density at radius 2 is 1.79 bits per heavy atom. The van der Waals surface area contributed by atoms with Crippen LogP contribution in [0.1, 0.15) is 20.8 Å². The Morgan fingerprint density at radius 3 is 2.07 bits per heavy atom. The van der Waals surface area contributed by atoms with E-state index < -0.39 is 11.6 Å². The van der Waals surface area contributed by atoms with Crippen molar-refractivity contribution in [3.8, 4) is 0 Å². The smallest absolute Gasteiger partial charge is 0.343 e. The summed E-state index contributed by atoms with van der Waals surface area (Å²) in [4.78, 5) is 23.6. The van der Waals surface area contributed by atoms with Gasteiger partial charge >= 0.3 is 5.97 Å². The van der Waals surface area contributed by atoms with Gasteiger partial charge in [0.05, 0.1) is 0 Å². The van der Waals surface area contributed by atoms with E-state index in [0.717, 1.165) is 0 Å². The first-order valence-electron chi connectivity index (χ1n) is 4.33. The molecule has 0 saturated carbocycles. The third-order valence-corrected chi connectivity index (χ3v) is 1.16. The standard InChI is InChI=1S/C10H17NO3/c1-10(2,3)14-9(13)8(7-12)6-11(4)5/h6-7H,1-5H3/b8-6-. The van der Waals surface area contributed by atoms with E-state index >= 15 is 0 Å². The van der Waals surface area contributed by atoms with E-state index in [4.69, 9.17) is 4.74 Å². The fourth-order valence-electron chi connectivity index (χ4n) is 0.746. The van der Waals surface area contributed by atoms with Crippen molar-refractivity contribution in [2.45, 2.75) is 26.4 Å². The molecule has 0 aromatic rings. The van der Waals surface area contributed by atoms with Crippen LogP contribution in [0.2, 0.25) is 0 Å². The lowest BCUT2D eigenvalue weighted by molar-refractivity contribution is -0.150. The molecular weight excluding hydrogens is 182 g/mol. The van der Waals surface area contributed by atoms with E-state index in [1.807, 2.05) is 0 Å². The third-order valence-electron chi connectivity index (χ3n) is 1.16. The van der Waals surface area contributed by atoms with Crippen molar-refractivity contribution in [3.63, 3.8) is 0 Å². The van der Waals surface area contributed by atoms with E-state index in [-0.39, 0.29) is 5.57 Å². The van der Waals surface area contributed by atoms with Crippen LogP contribution < -0.4 is 0 Å². The van der Waals surface area contributed by atoms with Crippen LogP contribution in [0, 0.1) is 0 Å². The van der Waals surface area contributed by atoms with Gasteiger partial charge in [-0.1, -0.05) is 0 Å². The lowest BCUT2D eigenvalue weighted by Crippen LogP contribution is -2.26. The van der Waals surface area contributed by atoms with Gasteiger partial charge in [0.25, 0.3) is 0 Å². The molecule has 0 aromatic carbocycles. The van der Waals surface area contributed by atoms with Gasteiger partial charge < -0.3 is 9.64 Å². The largest absolute Gasteiger partial charge is 0.456 e.